The molecule has 0 aliphatic carbocycles. The van der Waals surface area contributed by atoms with E-state index in [4.69, 9.17) is 5.11 Å². The van der Waals surface area contributed by atoms with Crippen LogP contribution >= 0.6 is 0 Å². The van der Waals surface area contributed by atoms with E-state index < -0.39 is 5.97 Å². The fourth-order valence-electron chi connectivity index (χ4n) is 1.01. The van der Waals surface area contributed by atoms with Crippen molar-refractivity contribution in [2.45, 2.75) is 19.8 Å². The molecule has 0 saturated heterocycles. The van der Waals surface area contributed by atoms with E-state index in [0.717, 1.165) is 0 Å². The van der Waals surface area contributed by atoms with Crippen LogP contribution in [0.2, 0.25) is 0 Å². The summed E-state index contributed by atoms with van der Waals surface area (Å²) in [6, 6.07) is 6.98. The zero-order valence-electron chi connectivity index (χ0n) is 7.74. The molecular formula is C10H12GeO2. The van der Waals surface area contributed by atoms with Crippen LogP contribution in [0.1, 0.15) is 35.7 Å². The summed E-state index contributed by atoms with van der Waals surface area (Å²) in [4.78, 5) is 10.5. The number of carboxylic acids is 1. The number of hydrogen-bond donors (Lipinski definition) is 1. The van der Waals surface area contributed by atoms with E-state index in [2.05, 4.69) is 13.8 Å². The molecule has 0 aliphatic heterocycles. The smallest absolute Gasteiger partial charge is 0.335 e. The van der Waals surface area contributed by atoms with E-state index in [1.165, 1.54) is 5.56 Å². The average Bonchev–Trinajstić information content (AvgIpc) is 2.04. The van der Waals surface area contributed by atoms with E-state index >= 15 is 0 Å². The Hall–Kier alpha value is -0.767. The number of aromatic carboxylic acids is 1. The van der Waals surface area contributed by atoms with Gasteiger partial charge in [0.2, 0.25) is 0 Å². The Morgan fingerprint density at radius 3 is 2.00 bits per heavy atom. The molecule has 68 valence electrons. The Morgan fingerprint density at radius 1 is 1.23 bits per heavy atom. The minimum Gasteiger partial charge on any atom is -0.478 e. The molecule has 0 aliphatic rings. The minimum absolute atomic E-state index is 0. The van der Waals surface area contributed by atoms with Crippen molar-refractivity contribution >= 4 is 23.6 Å². The van der Waals surface area contributed by atoms with Gasteiger partial charge in [-0.25, -0.2) is 4.79 Å². The van der Waals surface area contributed by atoms with Crippen LogP contribution in [0.5, 0.6) is 0 Å². The summed E-state index contributed by atoms with van der Waals surface area (Å²) in [5.41, 5.74) is 1.51. The van der Waals surface area contributed by atoms with Crippen LogP contribution in [-0.4, -0.2) is 28.7 Å². The van der Waals surface area contributed by atoms with Gasteiger partial charge >= 0.3 is 5.97 Å². The normalized spacial score (nSPS) is 9.46. The molecule has 0 amide bonds. The minimum atomic E-state index is -0.870. The molecular weight excluding hydrogens is 225 g/mol. The second kappa shape index (κ2) is 5.07. The summed E-state index contributed by atoms with van der Waals surface area (Å²) in [5.74, 6) is -0.418. The van der Waals surface area contributed by atoms with E-state index in [-0.39, 0.29) is 17.6 Å². The van der Waals surface area contributed by atoms with Gasteiger partial charge in [-0.2, -0.15) is 0 Å². The molecule has 4 radical (unpaired) electrons. The molecule has 0 saturated carbocycles. The van der Waals surface area contributed by atoms with Gasteiger partial charge in [-0.15, -0.1) is 0 Å². The van der Waals surface area contributed by atoms with Gasteiger partial charge in [0.15, 0.2) is 0 Å². The van der Waals surface area contributed by atoms with Gasteiger partial charge in [0.05, 0.1) is 5.56 Å². The van der Waals surface area contributed by atoms with Crippen LogP contribution < -0.4 is 0 Å². The summed E-state index contributed by atoms with van der Waals surface area (Å²) in [5, 5.41) is 8.61. The van der Waals surface area contributed by atoms with Crippen LogP contribution in [0.3, 0.4) is 0 Å². The SMILES string of the molecule is CC(C)c1ccc(C(=O)O)cc1.[Ge]. The monoisotopic (exact) mass is 238 g/mol. The van der Waals surface area contributed by atoms with Crippen molar-refractivity contribution in [3.63, 3.8) is 0 Å². The van der Waals surface area contributed by atoms with Crippen molar-refractivity contribution in [2.75, 3.05) is 0 Å². The second-order valence-corrected chi connectivity index (χ2v) is 3.08. The van der Waals surface area contributed by atoms with Crippen LogP contribution in [0.15, 0.2) is 24.3 Å². The van der Waals surface area contributed by atoms with Gasteiger partial charge < -0.3 is 5.11 Å². The molecule has 0 heterocycles. The third kappa shape index (κ3) is 3.22. The fraction of sp³-hybridized carbons (Fsp3) is 0.300. The predicted molar refractivity (Wildman–Crippen MR) is 53.2 cm³/mol. The van der Waals surface area contributed by atoms with Gasteiger partial charge in [-0.05, 0) is 23.6 Å². The van der Waals surface area contributed by atoms with Crippen molar-refractivity contribution in [2.24, 2.45) is 0 Å². The Kier molecular flexibility index (Phi) is 4.77. The number of carbonyl (C=O) groups is 1. The zero-order valence-corrected chi connectivity index (χ0v) is 9.84. The van der Waals surface area contributed by atoms with Crippen molar-refractivity contribution in [1.29, 1.82) is 0 Å². The predicted octanol–water partition coefficient (Wildman–Crippen LogP) is 2.13. The molecule has 0 atom stereocenters. The Morgan fingerprint density at radius 2 is 1.69 bits per heavy atom. The molecule has 2 nitrogen and oxygen atoms in total. The topological polar surface area (TPSA) is 37.3 Å². The van der Waals surface area contributed by atoms with Gasteiger partial charge in [0, 0.05) is 17.6 Å². The maximum absolute atomic E-state index is 10.5. The number of carboxylic acid groups (broad SMARTS) is 1. The molecule has 0 aromatic heterocycles. The van der Waals surface area contributed by atoms with Crippen molar-refractivity contribution in [1.82, 2.24) is 0 Å². The molecule has 1 N–H and O–H groups in total. The summed E-state index contributed by atoms with van der Waals surface area (Å²) in [6.07, 6.45) is 0. The summed E-state index contributed by atoms with van der Waals surface area (Å²) < 4.78 is 0. The van der Waals surface area contributed by atoms with Gasteiger partial charge in [-0.1, -0.05) is 26.0 Å². The van der Waals surface area contributed by atoms with E-state index in [1.54, 1.807) is 12.1 Å². The Bertz CT molecular complexity index is 277. The van der Waals surface area contributed by atoms with Crippen molar-refractivity contribution in [3.8, 4) is 0 Å². The Labute approximate surface area is 88.9 Å². The number of rotatable bonds is 2. The summed E-state index contributed by atoms with van der Waals surface area (Å²) in [6.45, 7) is 4.16. The molecule has 3 heteroatoms. The molecule has 1 aromatic rings. The van der Waals surface area contributed by atoms with Gasteiger partial charge in [0.25, 0.3) is 0 Å². The third-order valence-electron chi connectivity index (χ3n) is 1.82. The molecule has 0 fully saturated rings. The van der Waals surface area contributed by atoms with Crippen LogP contribution in [0.4, 0.5) is 0 Å². The van der Waals surface area contributed by atoms with E-state index in [9.17, 15) is 4.79 Å². The molecule has 1 rings (SSSR count). The first kappa shape index (κ1) is 12.2. The first-order valence-corrected chi connectivity index (χ1v) is 3.94. The number of benzene rings is 1. The van der Waals surface area contributed by atoms with E-state index in [0.29, 0.717) is 11.5 Å². The standard InChI is InChI=1S/C10H12O2.Ge/c1-7(2)8-3-5-9(6-4-8)10(11)12;/h3-7H,1-2H3,(H,11,12);. The van der Waals surface area contributed by atoms with Gasteiger partial charge in [-0.3, -0.25) is 0 Å². The molecule has 0 bridgehead atoms. The molecule has 13 heavy (non-hydrogen) atoms. The molecule has 0 spiro atoms. The second-order valence-electron chi connectivity index (χ2n) is 3.08. The van der Waals surface area contributed by atoms with Crippen LogP contribution in [0.25, 0.3) is 0 Å². The first-order chi connectivity index (χ1) is 5.61. The molecule has 0 unspecified atom stereocenters. The maximum atomic E-state index is 10.5. The van der Waals surface area contributed by atoms with Crippen LogP contribution in [0, 0.1) is 0 Å². The van der Waals surface area contributed by atoms with Gasteiger partial charge in [0.1, 0.15) is 0 Å². The molecule has 1 aromatic carbocycles. The summed E-state index contributed by atoms with van der Waals surface area (Å²) in [7, 11) is 0. The third-order valence-corrected chi connectivity index (χ3v) is 1.82. The maximum Gasteiger partial charge on any atom is 0.335 e. The van der Waals surface area contributed by atoms with Crippen LogP contribution in [-0.2, 0) is 0 Å². The Balaban J connectivity index is 0.00000144. The van der Waals surface area contributed by atoms with Crippen molar-refractivity contribution < 1.29 is 9.90 Å². The largest absolute Gasteiger partial charge is 0.478 e. The summed E-state index contributed by atoms with van der Waals surface area (Å²) >= 11 is 0. The zero-order chi connectivity index (χ0) is 9.14. The quantitative estimate of drug-likeness (QED) is 0.799. The van der Waals surface area contributed by atoms with E-state index in [1.807, 2.05) is 12.1 Å². The average molecular weight is 237 g/mol. The first-order valence-electron chi connectivity index (χ1n) is 3.94. The number of hydrogen-bond acceptors (Lipinski definition) is 1. The fourth-order valence-corrected chi connectivity index (χ4v) is 1.01. The van der Waals surface area contributed by atoms with Crippen molar-refractivity contribution in [3.05, 3.63) is 35.4 Å².